The third kappa shape index (κ3) is 26.6. The van der Waals surface area contributed by atoms with Crippen LogP contribution in [0.3, 0.4) is 0 Å². The second kappa shape index (κ2) is 25.4. The van der Waals surface area contributed by atoms with Gasteiger partial charge in [0.15, 0.2) is 0 Å². The molecule has 0 fully saturated rings. The Bertz CT molecular complexity index is 361. The topological polar surface area (TPSA) is 52.6 Å². The van der Waals surface area contributed by atoms with E-state index in [4.69, 9.17) is 9.47 Å². The number of allylic oxidation sites excluding steroid dienone is 2. The second-order valence-electron chi connectivity index (χ2n) is 6.71. The van der Waals surface area contributed by atoms with Crippen molar-refractivity contribution >= 4 is 11.9 Å². The van der Waals surface area contributed by atoms with Crippen molar-refractivity contribution in [3.8, 4) is 0 Å². The summed E-state index contributed by atoms with van der Waals surface area (Å²) in [6, 6.07) is 0. The van der Waals surface area contributed by atoms with Crippen LogP contribution in [0.25, 0.3) is 0 Å². The van der Waals surface area contributed by atoms with Crippen molar-refractivity contribution in [2.24, 2.45) is 0 Å². The number of carbonyl (C=O) groups is 2. The van der Waals surface area contributed by atoms with Gasteiger partial charge in [-0.25, -0.2) is 9.59 Å². The molecule has 0 atom stereocenters. The zero-order valence-corrected chi connectivity index (χ0v) is 18.8. The smallest absolute Gasteiger partial charge is 0.330 e. The number of carbonyl (C=O) groups excluding carboxylic acids is 2. The monoisotopic (exact) mass is 396 g/mol. The van der Waals surface area contributed by atoms with E-state index >= 15 is 0 Å². The van der Waals surface area contributed by atoms with Crippen LogP contribution in [0.1, 0.15) is 105 Å². The largest absolute Gasteiger partial charge is 0.463 e. The van der Waals surface area contributed by atoms with Crippen LogP contribution in [0.5, 0.6) is 0 Å². The first-order chi connectivity index (χ1) is 13.6. The Hall–Kier alpha value is -1.58. The maximum Gasteiger partial charge on any atom is 0.330 e. The van der Waals surface area contributed by atoms with E-state index in [1.54, 1.807) is 0 Å². The number of hydrogen-bond donors (Lipinski definition) is 0. The standard InChI is InChI=1S/2C12H22O2/c2*1-3-5-6-7-8-9-10-11-12(13)14-4-2/h2*10-11H,3-9H2,1-2H3. The van der Waals surface area contributed by atoms with E-state index in [0.717, 1.165) is 12.8 Å². The van der Waals surface area contributed by atoms with Gasteiger partial charge in [-0.2, -0.15) is 0 Å². The molecule has 0 aliphatic rings. The first kappa shape index (κ1) is 28.6. The summed E-state index contributed by atoms with van der Waals surface area (Å²) in [5, 5.41) is 0. The van der Waals surface area contributed by atoms with E-state index in [2.05, 4.69) is 13.8 Å². The highest BCUT2D eigenvalue weighted by Gasteiger charge is 1.93. The van der Waals surface area contributed by atoms with Crippen LogP contribution < -0.4 is 0 Å². The van der Waals surface area contributed by atoms with E-state index in [-0.39, 0.29) is 11.9 Å². The molecule has 0 aromatic heterocycles. The lowest BCUT2D eigenvalue weighted by Gasteiger charge is -1.96. The molecule has 0 rings (SSSR count). The maximum atomic E-state index is 10.9. The van der Waals surface area contributed by atoms with Gasteiger partial charge in [0.05, 0.1) is 13.2 Å². The summed E-state index contributed by atoms with van der Waals surface area (Å²) < 4.78 is 9.52. The number of ether oxygens (including phenoxy) is 2. The Morgan fingerprint density at radius 1 is 0.571 bits per heavy atom. The minimum Gasteiger partial charge on any atom is -0.463 e. The van der Waals surface area contributed by atoms with Crippen LogP contribution in [-0.2, 0) is 19.1 Å². The first-order valence-electron chi connectivity index (χ1n) is 11.3. The van der Waals surface area contributed by atoms with Crippen molar-refractivity contribution in [2.75, 3.05) is 13.2 Å². The van der Waals surface area contributed by atoms with Gasteiger partial charge < -0.3 is 9.47 Å². The predicted molar refractivity (Wildman–Crippen MR) is 118 cm³/mol. The lowest BCUT2D eigenvalue weighted by Crippen LogP contribution is -1.98. The highest BCUT2D eigenvalue weighted by molar-refractivity contribution is 5.82. The molecular weight excluding hydrogens is 352 g/mol. The summed E-state index contributed by atoms with van der Waals surface area (Å²) in [6.07, 6.45) is 21.5. The average Bonchev–Trinajstić information content (AvgIpc) is 2.67. The molecule has 0 N–H and O–H groups in total. The van der Waals surface area contributed by atoms with Crippen LogP contribution in [-0.4, -0.2) is 25.2 Å². The van der Waals surface area contributed by atoms with E-state index in [9.17, 15) is 9.59 Å². The van der Waals surface area contributed by atoms with Crippen molar-refractivity contribution in [3.63, 3.8) is 0 Å². The Kier molecular flexibility index (Phi) is 26.0. The third-order valence-corrected chi connectivity index (χ3v) is 4.03. The molecule has 0 aliphatic carbocycles. The molecule has 0 aromatic rings. The zero-order valence-electron chi connectivity index (χ0n) is 18.8. The quantitative estimate of drug-likeness (QED) is 0.161. The summed E-state index contributed by atoms with van der Waals surface area (Å²) in [6.45, 7) is 8.97. The summed E-state index contributed by atoms with van der Waals surface area (Å²) in [4.78, 5) is 21.7. The van der Waals surface area contributed by atoms with Crippen molar-refractivity contribution in [3.05, 3.63) is 24.3 Å². The van der Waals surface area contributed by atoms with E-state index in [1.807, 2.05) is 26.0 Å². The molecule has 0 unspecified atom stereocenters. The third-order valence-electron chi connectivity index (χ3n) is 4.03. The predicted octanol–water partition coefficient (Wildman–Crippen LogP) is 6.93. The van der Waals surface area contributed by atoms with Gasteiger partial charge in [0.1, 0.15) is 0 Å². The summed E-state index contributed by atoms with van der Waals surface area (Å²) in [5.41, 5.74) is 0. The number of rotatable bonds is 16. The molecule has 28 heavy (non-hydrogen) atoms. The SMILES string of the molecule is CCCCCCCC=CC(=O)OCC.CCCCCCCC=CC(=O)OCC. The summed E-state index contributed by atoms with van der Waals surface area (Å²) in [5.74, 6) is -0.442. The molecule has 164 valence electrons. The van der Waals surface area contributed by atoms with Gasteiger partial charge in [0.25, 0.3) is 0 Å². The van der Waals surface area contributed by atoms with Crippen LogP contribution in [0.2, 0.25) is 0 Å². The summed E-state index contributed by atoms with van der Waals surface area (Å²) >= 11 is 0. The highest BCUT2D eigenvalue weighted by Crippen LogP contribution is 2.06. The Morgan fingerprint density at radius 2 is 0.929 bits per heavy atom. The molecule has 0 bridgehead atoms. The Balaban J connectivity index is 0. The van der Waals surface area contributed by atoms with Crippen LogP contribution in [0, 0.1) is 0 Å². The van der Waals surface area contributed by atoms with Gasteiger partial charge in [0.2, 0.25) is 0 Å². The number of unbranched alkanes of at least 4 members (excludes halogenated alkanes) is 10. The van der Waals surface area contributed by atoms with Crippen LogP contribution >= 0.6 is 0 Å². The molecule has 4 nitrogen and oxygen atoms in total. The molecular formula is C24H44O4. The molecule has 0 saturated carbocycles. The molecule has 0 amide bonds. The molecule has 0 radical (unpaired) electrons. The highest BCUT2D eigenvalue weighted by atomic mass is 16.5. The normalized spacial score (nSPS) is 10.7. The van der Waals surface area contributed by atoms with Crippen molar-refractivity contribution < 1.29 is 19.1 Å². The van der Waals surface area contributed by atoms with E-state index < -0.39 is 0 Å². The Morgan fingerprint density at radius 3 is 1.25 bits per heavy atom. The van der Waals surface area contributed by atoms with E-state index in [1.165, 1.54) is 76.4 Å². The van der Waals surface area contributed by atoms with Crippen molar-refractivity contribution in [1.29, 1.82) is 0 Å². The van der Waals surface area contributed by atoms with Crippen molar-refractivity contribution in [2.45, 2.75) is 105 Å². The molecule has 0 aromatic carbocycles. The first-order valence-corrected chi connectivity index (χ1v) is 11.3. The van der Waals surface area contributed by atoms with Gasteiger partial charge in [0, 0.05) is 12.2 Å². The van der Waals surface area contributed by atoms with E-state index in [0.29, 0.717) is 13.2 Å². The van der Waals surface area contributed by atoms with Gasteiger partial charge in [-0.3, -0.25) is 0 Å². The van der Waals surface area contributed by atoms with Crippen LogP contribution in [0.4, 0.5) is 0 Å². The minimum absolute atomic E-state index is 0.221. The minimum atomic E-state index is -0.221. The maximum absolute atomic E-state index is 10.9. The summed E-state index contributed by atoms with van der Waals surface area (Å²) in [7, 11) is 0. The number of hydrogen-bond acceptors (Lipinski definition) is 4. The van der Waals surface area contributed by atoms with Crippen LogP contribution in [0.15, 0.2) is 24.3 Å². The van der Waals surface area contributed by atoms with Gasteiger partial charge >= 0.3 is 11.9 Å². The lowest BCUT2D eigenvalue weighted by atomic mass is 10.1. The number of esters is 2. The molecule has 0 saturated heterocycles. The zero-order chi connectivity index (χ0) is 21.3. The fourth-order valence-corrected chi connectivity index (χ4v) is 2.47. The molecule has 0 spiro atoms. The van der Waals surface area contributed by atoms with Crippen molar-refractivity contribution in [1.82, 2.24) is 0 Å². The van der Waals surface area contributed by atoms with Gasteiger partial charge in [-0.05, 0) is 39.5 Å². The average molecular weight is 397 g/mol. The molecule has 0 heterocycles. The van der Waals surface area contributed by atoms with Gasteiger partial charge in [-0.1, -0.05) is 77.4 Å². The molecule has 4 heteroatoms. The second-order valence-corrected chi connectivity index (χ2v) is 6.71. The Labute approximate surface area is 173 Å². The van der Waals surface area contributed by atoms with Gasteiger partial charge in [-0.15, -0.1) is 0 Å². The molecule has 0 aliphatic heterocycles. The lowest BCUT2D eigenvalue weighted by molar-refractivity contribution is -0.138. The fourth-order valence-electron chi connectivity index (χ4n) is 2.47. The fraction of sp³-hybridized carbons (Fsp3) is 0.750.